The van der Waals surface area contributed by atoms with Crippen LogP contribution in [0.5, 0.6) is 5.75 Å². The van der Waals surface area contributed by atoms with Gasteiger partial charge < -0.3 is 15.9 Å². The molecule has 0 fully saturated rings. The highest BCUT2D eigenvalue weighted by atomic mass is 35.5. The van der Waals surface area contributed by atoms with E-state index in [1.54, 1.807) is 0 Å². The molecule has 7 heteroatoms. The van der Waals surface area contributed by atoms with Crippen molar-refractivity contribution in [3.63, 3.8) is 0 Å². The number of phenolic OH excluding ortho intramolecular Hbond substituents is 1. The lowest BCUT2D eigenvalue weighted by atomic mass is 10.0. The summed E-state index contributed by atoms with van der Waals surface area (Å²) in [4.78, 5) is 0. The Hall–Kier alpha value is -0.980. The zero-order valence-electron chi connectivity index (χ0n) is 7.98. The summed E-state index contributed by atoms with van der Waals surface area (Å²) in [5, 5.41) is 18.1. The molecule has 0 unspecified atom stereocenters. The Kier molecular flexibility index (Phi) is 5.05. The highest BCUT2D eigenvalue weighted by Gasteiger charge is 2.43. The molecule has 0 aliphatic heterocycles. The predicted octanol–water partition coefficient (Wildman–Crippen LogP) is 1.74. The van der Waals surface area contributed by atoms with Gasteiger partial charge in [-0.1, -0.05) is 18.2 Å². The maximum absolute atomic E-state index is 12.1. The van der Waals surface area contributed by atoms with Crippen LogP contribution in [-0.2, 0) is 0 Å². The minimum absolute atomic E-state index is 0. The van der Waals surface area contributed by atoms with E-state index in [1.807, 2.05) is 0 Å². The number of para-hydroxylation sites is 1. The van der Waals surface area contributed by atoms with Crippen molar-refractivity contribution in [3.05, 3.63) is 29.8 Å². The first-order chi connectivity index (χ1) is 6.84. The number of phenols is 1. The maximum Gasteiger partial charge on any atom is 0.416 e. The molecule has 0 saturated heterocycles. The largest absolute Gasteiger partial charge is 0.508 e. The van der Waals surface area contributed by atoms with E-state index in [0.717, 1.165) is 0 Å². The van der Waals surface area contributed by atoms with E-state index in [0.29, 0.717) is 0 Å². The molecule has 0 aliphatic carbocycles. The smallest absolute Gasteiger partial charge is 0.416 e. The summed E-state index contributed by atoms with van der Waals surface area (Å²) in [6.07, 6.45) is -7.49. The molecule has 0 aromatic heterocycles. The Morgan fingerprint density at radius 1 is 1.19 bits per heavy atom. The van der Waals surface area contributed by atoms with Crippen molar-refractivity contribution in [1.29, 1.82) is 0 Å². The van der Waals surface area contributed by atoms with Gasteiger partial charge in [-0.15, -0.1) is 12.4 Å². The van der Waals surface area contributed by atoms with Gasteiger partial charge in [0.15, 0.2) is 6.10 Å². The molecule has 0 amide bonds. The Bertz CT molecular complexity index is 346. The quantitative estimate of drug-likeness (QED) is 0.756. The summed E-state index contributed by atoms with van der Waals surface area (Å²) in [5.74, 6) is -0.367. The fourth-order valence-electron chi connectivity index (χ4n) is 1.14. The van der Waals surface area contributed by atoms with Crippen molar-refractivity contribution < 1.29 is 23.4 Å². The molecule has 16 heavy (non-hydrogen) atoms. The Morgan fingerprint density at radius 3 is 2.12 bits per heavy atom. The molecular formula is C9H11ClF3NO2. The molecule has 1 rings (SSSR count). The van der Waals surface area contributed by atoms with Crippen LogP contribution in [0.3, 0.4) is 0 Å². The first kappa shape index (κ1) is 15.0. The number of benzene rings is 1. The summed E-state index contributed by atoms with van der Waals surface area (Å²) in [6.45, 7) is 0. The van der Waals surface area contributed by atoms with Crippen LogP contribution in [0.4, 0.5) is 13.2 Å². The minimum atomic E-state index is -4.80. The first-order valence-corrected chi connectivity index (χ1v) is 4.12. The van der Waals surface area contributed by atoms with Gasteiger partial charge in [-0.3, -0.25) is 0 Å². The number of hydrogen-bond acceptors (Lipinski definition) is 3. The molecule has 0 saturated carbocycles. The summed E-state index contributed by atoms with van der Waals surface area (Å²) in [5.41, 5.74) is 5.06. The number of aliphatic hydroxyl groups is 1. The lowest BCUT2D eigenvalue weighted by Crippen LogP contribution is -2.38. The van der Waals surface area contributed by atoms with Crippen LogP contribution < -0.4 is 5.73 Å². The summed E-state index contributed by atoms with van der Waals surface area (Å²) in [6, 6.07) is 3.63. The molecule has 0 aliphatic rings. The molecule has 92 valence electrons. The molecule has 1 aromatic carbocycles. The van der Waals surface area contributed by atoms with Crippen LogP contribution in [0.25, 0.3) is 0 Å². The first-order valence-electron chi connectivity index (χ1n) is 4.12. The highest BCUT2D eigenvalue weighted by Crippen LogP contribution is 2.32. The zero-order chi connectivity index (χ0) is 11.6. The summed E-state index contributed by atoms with van der Waals surface area (Å²) >= 11 is 0. The van der Waals surface area contributed by atoms with Crippen molar-refractivity contribution in [1.82, 2.24) is 0 Å². The van der Waals surface area contributed by atoms with E-state index in [2.05, 4.69) is 0 Å². The Balaban J connectivity index is 0.00000225. The van der Waals surface area contributed by atoms with Crippen molar-refractivity contribution >= 4 is 12.4 Å². The van der Waals surface area contributed by atoms with Gasteiger partial charge in [-0.05, 0) is 6.07 Å². The van der Waals surface area contributed by atoms with Crippen molar-refractivity contribution in [2.75, 3.05) is 0 Å². The summed E-state index contributed by atoms with van der Waals surface area (Å²) in [7, 11) is 0. The molecule has 0 bridgehead atoms. The van der Waals surface area contributed by atoms with E-state index >= 15 is 0 Å². The maximum atomic E-state index is 12.1. The molecule has 0 spiro atoms. The highest BCUT2D eigenvalue weighted by molar-refractivity contribution is 5.85. The fraction of sp³-hybridized carbons (Fsp3) is 0.333. The van der Waals surface area contributed by atoms with Gasteiger partial charge in [0.2, 0.25) is 0 Å². The van der Waals surface area contributed by atoms with E-state index in [1.165, 1.54) is 24.3 Å². The van der Waals surface area contributed by atoms with Crippen molar-refractivity contribution in [3.8, 4) is 5.75 Å². The Labute approximate surface area is 96.1 Å². The van der Waals surface area contributed by atoms with Gasteiger partial charge in [0, 0.05) is 5.56 Å². The number of nitrogens with two attached hydrogens (primary N) is 1. The van der Waals surface area contributed by atoms with Crippen LogP contribution in [-0.4, -0.2) is 22.5 Å². The predicted molar refractivity (Wildman–Crippen MR) is 54.3 cm³/mol. The van der Waals surface area contributed by atoms with Gasteiger partial charge >= 0.3 is 6.18 Å². The second-order valence-corrected chi connectivity index (χ2v) is 3.07. The Morgan fingerprint density at radius 2 is 1.69 bits per heavy atom. The normalized spacial score (nSPS) is 15.1. The number of aliphatic hydroxyl groups excluding tert-OH is 1. The molecule has 1 aromatic rings. The number of halogens is 4. The molecule has 0 radical (unpaired) electrons. The van der Waals surface area contributed by atoms with Gasteiger partial charge in [-0.2, -0.15) is 13.2 Å². The molecule has 2 atom stereocenters. The number of aromatic hydroxyl groups is 1. The zero-order valence-corrected chi connectivity index (χ0v) is 8.79. The lowest BCUT2D eigenvalue weighted by Gasteiger charge is -2.22. The standard InChI is InChI=1S/C9H10F3NO2.ClH/c10-9(11,12)8(15)7(13)5-3-1-2-4-6(5)14;/h1-4,7-8,14-15H,13H2;1H/t7-,8-;/m1./s1. The fourth-order valence-corrected chi connectivity index (χ4v) is 1.14. The molecular weight excluding hydrogens is 247 g/mol. The number of rotatable bonds is 2. The molecule has 3 nitrogen and oxygen atoms in total. The van der Waals surface area contributed by atoms with E-state index in [-0.39, 0.29) is 23.7 Å². The average Bonchev–Trinajstić information content (AvgIpc) is 2.15. The number of alkyl halides is 3. The molecule has 0 heterocycles. The third-order valence-electron chi connectivity index (χ3n) is 1.97. The number of hydrogen-bond donors (Lipinski definition) is 3. The topological polar surface area (TPSA) is 66.5 Å². The van der Waals surface area contributed by atoms with Crippen LogP contribution >= 0.6 is 12.4 Å². The third-order valence-corrected chi connectivity index (χ3v) is 1.97. The van der Waals surface area contributed by atoms with Gasteiger partial charge in [0.25, 0.3) is 0 Å². The van der Waals surface area contributed by atoms with Crippen LogP contribution in [0.15, 0.2) is 24.3 Å². The van der Waals surface area contributed by atoms with Gasteiger partial charge in [0.1, 0.15) is 5.75 Å². The second kappa shape index (κ2) is 5.38. The average molecular weight is 258 g/mol. The van der Waals surface area contributed by atoms with Crippen LogP contribution in [0, 0.1) is 0 Å². The van der Waals surface area contributed by atoms with Crippen molar-refractivity contribution in [2.24, 2.45) is 5.73 Å². The molecule has 4 N–H and O–H groups in total. The van der Waals surface area contributed by atoms with Crippen LogP contribution in [0.2, 0.25) is 0 Å². The van der Waals surface area contributed by atoms with E-state index in [9.17, 15) is 18.3 Å². The lowest BCUT2D eigenvalue weighted by molar-refractivity contribution is -0.210. The SMILES string of the molecule is Cl.N[C@H](c1ccccc1O)[C@@H](O)C(F)(F)F. The van der Waals surface area contributed by atoms with Crippen molar-refractivity contribution in [2.45, 2.75) is 18.3 Å². The third kappa shape index (κ3) is 3.26. The van der Waals surface area contributed by atoms with Gasteiger partial charge in [-0.25, -0.2) is 0 Å². The van der Waals surface area contributed by atoms with Gasteiger partial charge in [0.05, 0.1) is 6.04 Å². The second-order valence-electron chi connectivity index (χ2n) is 3.07. The minimum Gasteiger partial charge on any atom is -0.508 e. The monoisotopic (exact) mass is 257 g/mol. The summed E-state index contributed by atoms with van der Waals surface area (Å²) < 4.78 is 36.3. The van der Waals surface area contributed by atoms with E-state index < -0.39 is 18.3 Å². The van der Waals surface area contributed by atoms with Crippen LogP contribution in [0.1, 0.15) is 11.6 Å². The van der Waals surface area contributed by atoms with E-state index in [4.69, 9.17) is 10.8 Å².